The maximum atomic E-state index is 12.4. The van der Waals surface area contributed by atoms with Crippen LogP contribution in [0.4, 0.5) is 0 Å². The highest BCUT2D eigenvalue weighted by molar-refractivity contribution is 7.12. The number of nitrogens with zero attached hydrogens (tertiary/aromatic N) is 1. The molecule has 18 heavy (non-hydrogen) atoms. The zero-order valence-corrected chi connectivity index (χ0v) is 11.3. The van der Waals surface area contributed by atoms with Crippen molar-refractivity contribution in [2.75, 3.05) is 26.3 Å². The summed E-state index contributed by atoms with van der Waals surface area (Å²) in [6.45, 7) is 4.61. The molecule has 1 spiro atoms. The highest BCUT2D eigenvalue weighted by Crippen LogP contribution is 2.31. The third-order valence-electron chi connectivity index (χ3n) is 3.57. The van der Waals surface area contributed by atoms with Gasteiger partial charge in [0.1, 0.15) is 0 Å². The van der Waals surface area contributed by atoms with Crippen molar-refractivity contribution < 1.29 is 14.3 Å². The largest absolute Gasteiger partial charge is 0.346 e. The van der Waals surface area contributed by atoms with Crippen LogP contribution in [0.1, 0.15) is 28.1 Å². The van der Waals surface area contributed by atoms with Gasteiger partial charge in [-0.05, 0) is 30.4 Å². The van der Waals surface area contributed by atoms with E-state index >= 15 is 0 Å². The third kappa shape index (κ3) is 2.06. The highest BCUT2D eigenvalue weighted by Gasteiger charge is 2.42. The fourth-order valence-electron chi connectivity index (χ4n) is 2.63. The fraction of sp³-hybridized carbons (Fsp3) is 0.615. The Labute approximate surface area is 110 Å². The summed E-state index contributed by atoms with van der Waals surface area (Å²) < 4.78 is 11.4. The molecule has 2 aliphatic heterocycles. The van der Waals surface area contributed by atoms with Crippen LogP contribution >= 0.6 is 11.3 Å². The summed E-state index contributed by atoms with van der Waals surface area (Å²) in [4.78, 5) is 15.2. The molecule has 1 aromatic heterocycles. The van der Waals surface area contributed by atoms with E-state index in [0.717, 1.165) is 29.8 Å². The molecule has 0 bridgehead atoms. The molecule has 3 rings (SSSR count). The number of likely N-dealkylation sites (tertiary alicyclic amines) is 1. The van der Waals surface area contributed by atoms with Crippen molar-refractivity contribution in [3.05, 3.63) is 21.9 Å². The van der Waals surface area contributed by atoms with Gasteiger partial charge in [-0.3, -0.25) is 4.79 Å². The second kappa shape index (κ2) is 4.64. The lowest BCUT2D eigenvalue weighted by atomic mass is 10.0. The van der Waals surface area contributed by atoms with Gasteiger partial charge >= 0.3 is 0 Å². The van der Waals surface area contributed by atoms with Gasteiger partial charge in [0.15, 0.2) is 5.79 Å². The minimum absolute atomic E-state index is 0.112. The first-order valence-corrected chi connectivity index (χ1v) is 7.19. The number of thiophene rings is 1. The smallest absolute Gasteiger partial charge is 0.264 e. The van der Waals surface area contributed by atoms with Gasteiger partial charge in [-0.2, -0.15) is 0 Å². The van der Waals surface area contributed by atoms with Crippen LogP contribution < -0.4 is 0 Å². The maximum Gasteiger partial charge on any atom is 0.264 e. The van der Waals surface area contributed by atoms with Crippen LogP contribution in [0, 0.1) is 6.92 Å². The van der Waals surface area contributed by atoms with Crippen LogP contribution in [-0.2, 0) is 9.47 Å². The van der Waals surface area contributed by atoms with Crippen molar-refractivity contribution in [1.82, 2.24) is 4.90 Å². The Morgan fingerprint density at radius 3 is 2.89 bits per heavy atom. The molecule has 1 amide bonds. The Bertz CT molecular complexity index is 451. The fourth-order valence-corrected chi connectivity index (χ4v) is 3.52. The van der Waals surface area contributed by atoms with Crippen LogP contribution in [0.15, 0.2) is 11.4 Å². The van der Waals surface area contributed by atoms with Gasteiger partial charge in [0.2, 0.25) is 0 Å². The van der Waals surface area contributed by atoms with E-state index < -0.39 is 5.79 Å². The first kappa shape index (κ1) is 12.1. The summed E-state index contributed by atoms with van der Waals surface area (Å²) in [5.74, 6) is -0.417. The van der Waals surface area contributed by atoms with Crippen LogP contribution in [0.2, 0.25) is 0 Å². The standard InChI is InChI=1S/C13H17NO3S/c1-10-3-8-18-11(10)12(15)14-5-2-4-13(9-14)16-6-7-17-13/h3,8H,2,4-7,9H2,1H3. The van der Waals surface area contributed by atoms with Crippen molar-refractivity contribution in [3.63, 3.8) is 0 Å². The molecule has 0 N–H and O–H groups in total. The maximum absolute atomic E-state index is 12.4. The topological polar surface area (TPSA) is 38.8 Å². The lowest BCUT2D eigenvalue weighted by molar-refractivity contribution is -0.183. The average molecular weight is 267 g/mol. The molecule has 0 atom stereocenters. The molecule has 98 valence electrons. The molecule has 0 saturated carbocycles. The second-order valence-electron chi connectivity index (χ2n) is 4.87. The number of ether oxygens (including phenoxy) is 2. The molecule has 0 aromatic carbocycles. The number of hydrogen-bond acceptors (Lipinski definition) is 4. The van der Waals surface area contributed by atoms with Crippen LogP contribution in [0.3, 0.4) is 0 Å². The molecule has 2 aliphatic rings. The lowest BCUT2D eigenvalue weighted by Crippen LogP contribution is -2.51. The third-order valence-corrected chi connectivity index (χ3v) is 4.58. The monoisotopic (exact) mass is 267 g/mol. The van der Waals surface area contributed by atoms with Gasteiger partial charge in [0.05, 0.1) is 24.6 Å². The number of carbonyl (C=O) groups is 1. The quantitative estimate of drug-likeness (QED) is 0.781. The number of piperidine rings is 1. The van der Waals surface area contributed by atoms with Gasteiger partial charge in [0.25, 0.3) is 5.91 Å². The van der Waals surface area contributed by atoms with Crippen molar-refractivity contribution in [2.24, 2.45) is 0 Å². The zero-order chi connectivity index (χ0) is 12.6. The van der Waals surface area contributed by atoms with Gasteiger partial charge < -0.3 is 14.4 Å². The van der Waals surface area contributed by atoms with Crippen LogP contribution in [-0.4, -0.2) is 42.9 Å². The van der Waals surface area contributed by atoms with E-state index in [1.165, 1.54) is 11.3 Å². The number of carbonyl (C=O) groups excluding carboxylic acids is 1. The minimum Gasteiger partial charge on any atom is -0.346 e. The molecule has 0 radical (unpaired) electrons. The summed E-state index contributed by atoms with van der Waals surface area (Å²) in [5, 5.41) is 1.96. The van der Waals surface area contributed by atoms with Crippen molar-refractivity contribution >= 4 is 17.2 Å². The highest BCUT2D eigenvalue weighted by atomic mass is 32.1. The van der Waals surface area contributed by atoms with E-state index in [-0.39, 0.29) is 5.91 Å². The van der Waals surface area contributed by atoms with Crippen molar-refractivity contribution in [2.45, 2.75) is 25.6 Å². The Morgan fingerprint density at radius 1 is 1.44 bits per heavy atom. The predicted octanol–water partition coefficient (Wildman–Crippen LogP) is 2.04. The van der Waals surface area contributed by atoms with Crippen molar-refractivity contribution in [3.8, 4) is 0 Å². The predicted molar refractivity (Wildman–Crippen MR) is 68.8 cm³/mol. The molecule has 1 aromatic rings. The zero-order valence-electron chi connectivity index (χ0n) is 10.5. The molecule has 2 saturated heterocycles. The Morgan fingerprint density at radius 2 is 2.22 bits per heavy atom. The summed E-state index contributed by atoms with van der Waals surface area (Å²) in [6.07, 6.45) is 1.83. The average Bonchev–Trinajstić information content (AvgIpc) is 2.98. The normalized spacial score (nSPS) is 22.6. The minimum atomic E-state index is -0.529. The Hall–Kier alpha value is -0.910. The summed E-state index contributed by atoms with van der Waals surface area (Å²) in [6, 6.07) is 1.99. The summed E-state index contributed by atoms with van der Waals surface area (Å²) in [5.41, 5.74) is 1.05. The molecular formula is C13H17NO3S. The van der Waals surface area contributed by atoms with Crippen LogP contribution in [0.5, 0.6) is 0 Å². The number of amides is 1. The Balaban J connectivity index is 1.76. The second-order valence-corrected chi connectivity index (χ2v) is 5.79. The summed E-state index contributed by atoms with van der Waals surface area (Å²) in [7, 11) is 0. The van der Waals surface area contributed by atoms with Gasteiger partial charge in [-0.1, -0.05) is 0 Å². The number of rotatable bonds is 1. The first-order valence-electron chi connectivity index (χ1n) is 6.31. The van der Waals surface area contributed by atoms with Gasteiger partial charge in [-0.25, -0.2) is 0 Å². The molecule has 3 heterocycles. The van der Waals surface area contributed by atoms with Gasteiger partial charge in [0, 0.05) is 13.0 Å². The van der Waals surface area contributed by atoms with E-state index in [9.17, 15) is 4.79 Å². The molecule has 4 nitrogen and oxygen atoms in total. The van der Waals surface area contributed by atoms with E-state index in [1.807, 2.05) is 23.3 Å². The van der Waals surface area contributed by atoms with Crippen LogP contribution in [0.25, 0.3) is 0 Å². The summed E-state index contributed by atoms with van der Waals surface area (Å²) >= 11 is 1.51. The number of hydrogen-bond donors (Lipinski definition) is 0. The molecule has 0 unspecified atom stereocenters. The molecule has 2 fully saturated rings. The van der Waals surface area contributed by atoms with E-state index in [2.05, 4.69) is 0 Å². The van der Waals surface area contributed by atoms with E-state index in [0.29, 0.717) is 19.8 Å². The Kier molecular flexibility index (Phi) is 3.13. The molecular weight excluding hydrogens is 250 g/mol. The lowest BCUT2D eigenvalue weighted by Gasteiger charge is -2.38. The SMILES string of the molecule is Cc1ccsc1C(=O)N1CCCC2(C1)OCCO2. The van der Waals surface area contributed by atoms with Crippen molar-refractivity contribution in [1.29, 1.82) is 0 Å². The molecule has 0 aliphatic carbocycles. The molecule has 5 heteroatoms. The number of aryl methyl sites for hydroxylation is 1. The van der Waals surface area contributed by atoms with E-state index in [4.69, 9.17) is 9.47 Å². The van der Waals surface area contributed by atoms with E-state index in [1.54, 1.807) is 0 Å². The van der Waals surface area contributed by atoms with Gasteiger partial charge in [-0.15, -0.1) is 11.3 Å². The first-order chi connectivity index (χ1) is 8.70.